The average Bonchev–Trinajstić information content (AvgIpc) is 2.53. The van der Waals surface area contributed by atoms with Gasteiger partial charge in [0.15, 0.2) is 0 Å². The maximum absolute atomic E-state index is 12.4. The summed E-state index contributed by atoms with van der Waals surface area (Å²) in [6, 6.07) is -0.170. The molecule has 3 N–H and O–H groups in total. The summed E-state index contributed by atoms with van der Waals surface area (Å²) in [6.07, 6.45) is 1.01. The maximum atomic E-state index is 12.4. The fourth-order valence-electron chi connectivity index (χ4n) is 2.32. The summed E-state index contributed by atoms with van der Waals surface area (Å²) in [7, 11) is 0. The second kappa shape index (κ2) is 4.69. The molecule has 0 aromatic carbocycles. The van der Waals surface area contributed by atoms with E-state index in [1.54, 1.807) is 0 Å². The van der Waals surface area contributed by atoms with E-state index in [1.165, 1.54) is 0 Å². The van der Waals surface area contributed by atoms with Gasteiger partial charge in [-0.05, 0) is 19.9 Å². The average molecular weight is 227 g/mol. The van der Waals surface area contributed by atoms with Crippen LogP contribution in [0, 0.1) is 5.41 Å². The van der Waals surface area contributed by atoms with Gasteiger partial charge in [0.05, 0.1) is 18.6 Å². The Morgan fingerprint density at radius 3 is 3.00 bits per heavy atom. The zero-order valence-electron chi connectivity index (χ0n) is 9.87. The zero-order valence-corrected chi connectivity index (χ0v) is 9.87. The van der Waals surface area contributed by atoms with Gasteiger partial charge < -0.3 is 20.7 Å². The summed E-state index contributed by atoms with van der Waals surface area (Å²) in [6.45, 7) is 6.34. The predicted molar refractivity (Wildman–Crippen MR) is 61.0 cm³/mol. The Hall–Kier alpha value is -0.650. The van der Waals surface area contributed by atoms with Crippen LogP contribution in [0.2, 0.25) is 0 Å². The van der Waals surface area contributed by atoms with E-state index in [-0.39, 0.29) is 11.9 Å². The van der Waals surface area contributed by atoms with Gasteiger partial charge in [0.25, 0.3) is 0 Å². The highest BCUT2D eigenvalue weighted by molar-refractivity contribution is 5.83. The van der Waals surface area contributed by atoms with E-state index in [9.17, 15) is 4.79 Å². The van der Waals surface area contributed by atoms with E-state index in [1.807, 2.05) is 11.8 Å². The first-order chi connectivity index (χ1) is 7.64. The smallest absolute Gasteiger partial charge is 0.232 e. The topological polar surface area (TPSA) is 67.6 Å². The molecule has 92 valence electrons. The largest absolute Gasteiger partial charge is 0.379 e. The predicted octanol–water partition coefficient (Wildman–Crippen LogP) is -0.828. The molecule has 2 unspecified atom stereocenters. The van der Waals surface area contributed by atoms with Gasteiger partial charge in [0.1, 0.15) is 0 Å². The lowest BCUT2D eigenvalue weighted by Crippen LogP contribution is -2.52. The minimum absolute atomic E-state index is 0.154. The number of amides is 1. The second-order valence-electron chi connectivity index (χ2n) is 4.93. The lowest BCUT2D eigenvalue weighted by atomic mass is 9.84. The molecule has 0 aromatic heterocycles. The first kappa shape index (κ1) is 11.8. The number of nitrogens with two attached hydrogens (primary N) is 1. The Kier molecular flexibility index (Phi) is 3.47. The number of nitrogens with zero attached hydrogens (tertiary/aromatic N) is 1. The fraction of sp³-hybridized carbons (Fsp3) is 0.909. The van der Waals surface area contributed by atoms with Gasteiger partial charge in [-0.3, -0.25) is 4.79 Å². The molecule has 2 fully saturated rings. The molecule has 1 amide bonds. The third kappa shape index (κ3) is 2.07. The molecule has 16 heavy (non-hydrogen) atoms. The standard InChI is InChI=1S/C11H21N3O2/c1-11(8-16-7-9(11)12)10(15)14-5-2-3-13-4-6-14/h9,13H,2-8,12H2,1H3. The van der Waals surface area contributed by atoms with E-state index >= 15 is 0 Å². The Morgan fingerprint density at radius 1 is 1.50 bits per heavy atom. The zero-order chi connectivity index (χ0) is 11.6. The molecule has 0 aliphatic carbocycles. The van der Waals surface area contributed by atoms with Gasteiger partial charge in [-0.1, -0.05) is 0 Å². The summed E-state index contributed by atoms with van der Waals surface area (Å²) in [4.78, 5) is 14.3. The van der Waals surface area contributed by atoms with Crippen LogP contribution in [-0.2, 0) is 9.53 Å². The minimum atomic E-state index is -0.523. The van der Waals surface area contributed by atoms with Crippen molar-refractivity contribution in [3.63, 3.8) is 0 Å². The molecule has 2 aliphatic heterocycles. The number of hydrogen-bond donors (Lipinski definition) is 2. The molecule has 5 nitrogen and oxygen atoms in total. The molecule has 0 spiro atoms. The molecular weight excluding hydrogens is 206 g/mol. The fourth-order valence-corrected chi connectivity index (χ4v) is 2.32. The van der Waals surface area contributed by atoms with Crippen molar-refractivity contribution in [2.45, 2.75) is 19.4 Å². The van der Waals surface area contributed by atoms with Gasteiger partial charge in [-0.15, -0.1) is 0 Å². The highest BCUT2D eigenvalue weighted by Crippen LogP contribution is 2.29. The number of hydrogen-bond acceptors (Lipinski definition) is 4. The molecule has 0 radical (unpaired) electrons. The highest BCUT2D eigenvalue weighted by atomic mass is 16.5. The number of rotatable bonds is 1. The van der Waals surface area contributed by atoms with Crippen LogP contribution in [0.25, 0.3) is 0 Å². The SMILES string of the molecule is CC1(C(=O)N2CCCNCC2)COCC1N. The lowest BCUT2D eigenvalue weighted by Gasteiger charge is -2.32. The molecule has 5 heteroatoms. The maximum Gasteiger partial charge on any atom is 0.232 e. The van der Waals surface area contributed by atoms with Gasteiger partial charge in [0.2, 0.25) is 5.91 Å². The van der Waals surface area contributed by atoms with Crippen LogP contribution in [-0.4, -0.2) is 56.2 Å². The molecule has 0 bridgehead atoms. The lowest BCUT2D eigenvalue weighted by molar-refractivity contribution is -0.141. The van der Waals surface area contributed by atoms with Crippen molar-refractivity contribution >= 4 is 5.91 Å². The minimum Gasteiger partial charge on any atom is -0.379 e. The van der Waals surface area contributed by atoms with E-state index in [0.717, 1.165) is 32.6 Å². The van der Waals surface area contributed by atoms with E-state index in [0.29, 0.717) is 13.2 Å². The number of nitrogens with one attached hydrogen (secondary N) is 1. The number of ether oxygens (including phenoxy) is 1. The van der Waals surface area contributed by atoms with Crippen LogP contribution < -0.4 is 11.1 Å². The molecule has 2 aliphatic rings. The molecule has 2 saturated heterocycles. The molecular formula is C11H21N3O2. The first-order valence-corrected chi connectivity index (χ1v) is 5.98. The van der Waals surface area contributed by atoms with E-state index in [2.05, 4.69) is 5.32 Å². The van der Waals surface area contributed by atoms with Crippen molar-refractivity contribution in [1.82, 2.24) is 10.2 Å². The second-order valence-corrected chi connectivity index (χ2v) is 4.93. The first-order valence-electron chi connectivity index (χ1n) is 5.98. The van der Waals surface area contributed by atoms with Gasteiger partial charge >= 0.3 is 0 Å². The van der Waals surface area contributed by atoms with Crippen molar-refractivity contribution in [1.29, 1.82) is 0 Å². The van der Waals surface area contributed by atoms with Crippen LogP contribution >= 0.6 is 0 Å². The Labute approximate surface area is 96.3 Å². The molecule has 2 atom stereocenters. The van der Waals surface area contributed by atoms with E-state index < -0.39 is 5.41 Å². The van der Waals surface area contributed by atoms with Gasteiger partial charge in [0, 0.05) is 25.7 Å². The van der Waals surface area contributed by atoms with E-state index in [4.69, 9.17) is 10.5 Å². The van der Waals surface area contributed by atoms with Crippen molar-refractivity contribution in [2.75, 3.05) is 39.4 Å². The van der Waals surface area contributed by atoms with Gasteiger partial charge in [-0.2, -0.15) is 0 Å². The summed E-state index contributed by atoms with van der Waals surface area (Å²) in [5, 5.41) is 3.29. The summed E-state index contributed by atoms with van der Waals surface area (Å²) in [5.74, 6) is 0.154. The van der Waals surface area contributed by atoms with Gasteiger partial charge in [-0.25, -0.2) is 0 Å². The van der Waals surface area contributed by atoms with Crippen molar-refractivity contribution in [3.8, 4) is 0 Å². The molecule has 2 heterocycles. The summed E-state index contributed by atoms with van der Waals surface area (Å²) in [5.41, 5.74) is 5.45. The highest BCUT2D eigenvalue weighted by Gasteiger charge is 2.46. The quantitative estimate of drug-likeness (QED) is 0.614. The van der Waals surface area contributed by atoms with Crippen molar-refractivity contribution in [3.05, 3.63) is 0 Å². The Balaban J connectivity index is 2.05. The third-order valence-corrected chi connectivity index (χ3v) is 3.63. The van der Waals surface area contributed by atoms with Crippen LogP contribution in [0.1, 0.15) is 13.3 Å². The van der Waals surface area contributed by atoms with Crippen molar-refractivity contribution in [2.24, 2.45) is 11.1 Å². The van der Waals surface area contributed by atoms with Crippen molar-refractivity contribution < 1.29 is 9.53 Å². The van der Waals surface area contributed by atoms with Crippen LogP contribution in [0.15, 0.2) is 0 Å². The van der Waals surface area contributed by atoms with Crippen LogP contribution in [0.3, 0.4) is 0 Å². The van der Waals surface area contributed by atoms with Crippen LogP contribution in [0.5, 0.6) is 0 Å². The Bertz CT molecular complexity index is 264. The normalized spacial score (nSPS) is 36.1. The number of carbonyl (C=O) groups excluding carboxylic acids is 1. The number of carbonyl (C=O) groups is 1. The molecule has 0 aromatic rings. The Morgan fingerprint density at radius 2 is 2.31 bits per heavy atom. The molecule has 2 rings (SSSR count). The third-order valence-electron chi connectivity index (χ3n) is 3.63. The summed E-state index contributed by atoms with van der Waals surface area (Å²) >= 11 is 0. The monoisotopic (exact) mass is 227 g/mol. The van der Waals surface area contributed by atoms with Crippen LogP contribution in [0.4, 0.5) is 0 Å². The molecule has 0 saturated carbocycles. The summed E-state index contributed by atoms with van der Waals surface area (Å²) < 4.78 is 5.33.